The van der Waals surface area contributed by atoms with Gasteiger partial charge in [0.15, 0.2) is 0 Å². The van der Waals surface area contributed by atoms with Crippen molar-refractivity contribution < 1.29 is 28.8 Å². The molecule has 1 aromatic carbocycles. The van der Waals surface area contributed by atoms with Gasteiger partial charge >= 0.3 is 12.1 Å². The summed E-state index contributed by atoms with van der Waals surface area (Å²) in [4.78, 5) is 50.0. The van der Waals surface area contributed by atoms with Crippen LogP contribution < -0.4 is 10.1 Å². The first-order valence-corrected chi connectivity index (χ1v) is 10.5. The van der Waals surface area contributed by atoms with Crippen LogP contribution in [-0.4, -0.2) is 53.5 Å². The van der Waals surface area contributed by atoms with Crippen LogP contribution in [0.2, 0.25) is 0 Å². The Labute approximate surface area is 187 Å². The van der Waals surface area contributed by atoms with Gasteiger partial charge in [0, 0.05) is 18.7 Å². The van der Waals surface area contributed by atoms with E-state index in [1.54, 1.807) is 20.8 Å². The van der Waals surface area contributed by atoms with E-state index in [4.69, 9.17) is 9.47 Å². The Hall–Kier alpha value is -3.17. The van der Waals surface area contributed by atoms with Crippen molar-refractivity contribution in [3.05, 3.63) is 34.4 Å². The van der Waals surface area contributed by atoms with Crippen LogP contribution in [0.4, 0.5) is 10.5 Å². The molecule has 0 aromatic heterocycles. The van der Waals surface area contributed by atoms with Gasteiger partial charge in [-0.3, -0.25) is 14.9 Å². The number of carbonyl (C=O) groups is 3. The highest BCUT2D eigenvalue weighted by Crippen LogP contribution is 2.32. The summed E-state index contributed by atoms with van der Waals surface area (Å²) in [5, 5.41) is 13.4. The molecule has 32 heavy (non-hydrogen) atoms. The van der Waals surface area contributed by atoms with E-state index in [1.807, 2.05) is 13.8 Å². The molecule has 0 unspecified atom stereocenters. The fourth-order valence-corrected chi connectivity index (χ4v) is 3.66. The fraction of sp³-hybridized carbons (Fsp3) is 0.591. The third kappa shape index (κ3) is 5.95. The van der Waals surface area contributed by atoms with Crippen molar-refractivity contribution in [2.75, 3.05) is 13.7 Å². The number of benzene rings is 1. The molecule has 0 bridgehead atoms. The highest BCUT2D eigenvalue weighted by molar-refractivity contribution is 5.91. The molecule has 1 aliphatic rings. The number of nitrogens with zero attached hydrogens (tertiary/aromatic N) is 2. The van der Waals surface area contributed by atoms with Gasteiger partial charge < -0.3 is 19.7 Å². The number of esters is 1. The molecule has 1 fully saturated rings. The van der Waals surface area contributed by atoms with E-state index >= 15 is 0 Å². The van der Waals surface area contributed by atoms with Crippen molar-refractivity contribution in [1.29, 1.82) is 0 Å². The highest BCUT2D eigenvalue weighted by Gasteiger charge is 2.46. The van der Waals surface area contributed by atoms with Crippen LogP contribution >= 0.6 is 0 Å². The minimum absolute atomic E-state index is 0.0988. The number of non-ortho nitro benzene ring substituents is 1. The summed E-state index contributed by atoms with van der Waals surface area (Å²) in [7, 11) is 1.29. The smallest absolute Gasteiger partial charge is 0.413 e. The Kier molecular flexibility index (Phi) is 7.82. The molecule has 1 aromatic rings. The maximum atomic E-state index is 13.5. The molecule has 0 radical (unpaired) electrons. The van der Waals surface area contributed by atoms with Crippen LogP contribution in [0, 0.1) is 27.4 Å². The first-order chi connectivity index (χ1) is 14.8. The van der Waals surface area contributed by atoms with Crippen molar-refractivity contribution in [1.82, 2.24) is 10.2 Å². The van der Waals surface area contributed by atoms with Crippen LogP contribution in [0.1, 0.15) is 41.0 Å². The molecule has 1 heterocycles. The summed E-state index contributed by atoms with van der Waals surface area (Å²) < 4.78 is 10.1. The number of hydrogen-bond donors (Lipinski definition) is 1. The zero-order valence-corrected chi connectivity index (χ0v) is 19.3. The van der Waals surface area contributed by atoms with Gasteiger partial charge in [0.1, 0.15) is 17.8 Å². The van der Waals surface area contributed by atoms with Gasteiger partial charge in [-0.25, -0.2) is 9.59 Å². The van der Waals surface area contributed by atoms with Gasteiger partial charge in [-0.2, -0.15) is 0 Å². The van der Waals surface area contributed by atoms with E-state index in [0.717, 1.165) is 0 Å². The van der Waals surface area contributed by atoms with Crippen LogP contribution in [0.3, 0.4) is 0 Å². The van der Waals surface area contributed by atoms with Gasteiger partial charge in [0.2, 0.25) is 5.91 Å². The molecule has 1 aliphatic heterocycles. The Morgan fingerprint density at radius 2 is 1.78 bits per heavy atom. The van der Waals surface area contributed by atoms with Crippen LogP contribution in [0.5, 0.6) is 5.75 Å². The molecule has 2 amide bonds. The minimum atomic E-state index is -0.967. The lowest BCUT2D eigenvalue weighted by Gasteiger charge is -2.34. The maximum Gasteiger partial charge on any atom is 0.413 e. The van der Waals surface area contributed by atoms with Gasteiger partial charge in [-0.15, -0.1) is 0 Å². The van der Waals surface area contributed by atoms with Gasteiger partial charge in [-0.1, -0.05) is 34.6 Å². The van der Waals surface area contributed by atoms with Crippen molar-refractivity contribution in [2.45, 2.75) is 53.1 Å². The maximum absolute atomic E-state index is 13.5. The lowest BCUT2D eigenvalue weighted by Crippen LogP contribution is -2.57. The molecule has 176 valence electrons. The van der Waals surface area contributed by atoms with E-state index in [2.05, 4.69) is 5.32 Å². The van der Waals surface area contributed by atoms with Gasteiger partial charge in [-0.05, 0) is 35.8 Å². The minimum Gasteiger partial charge on any atom is -0.467 e. The van der Waals surface area contributed by atoms with E-state index in [1.165, 1.54) is 36.3 Å². The standard InChI is InChI=1S/C22H31N3O7/c1-13(2)14-11-17(20(27)31-6)24(12-14)19(26)18(22(3,4)5)23-21(28)32-16-9-7-15(8-10-16)25(29)30/h7-10,13-14,17-18H,11-12H2,1-6H3,(H,23,28)/t14-,17+,18-/m1/s1. The number of nitro benzene ring substituents is 1. The Bertz CT molecular complexity index is 861. The van der Waals surface area contributed by atoms with Crippen molar-refractivity contribution >= 4 is 23.7 Å². The SMILES string of the molecule is COC(=O)[C@@H]1C[C@@H](C(C)C)CN1C(=O)[C@@H](NC(=O)Oc1ccc([N+](=O)[O-])cc1)C(C)(C)C. The summed E-state index contributed by atoms with van der Waals surface area (Å²) in [6, 6.07) is 3.35. The van der Waals surface area contributed by atoms with Crippen molar-refractivity contribution in [3.8, 4) is 5.75 Å². The summed E-state index contributed by atoms with van der Waals surface area (Å²) in [5.74, 6) is -0.371. The number of carbonyl (C=O) groups excluding carboxylic acids is 3. The zero-order valence-electron chi connectivity index (χ0n) is 19.3. The number of nitro groups is 1. The van der Waals surface area contributed by atoms with Crippen molar-refractivity contribution in [3.63, 3.8) is 0 Å². The highest BCUT2D eigenvalue weighted by atomic mass is 16.6. The monoisotopic (exact) mass is 449 g/mol. The largest absolute Gasteiger partial charge is 0.467 e. The predicted octanol–water partition coefficient (Wildman–Crippen LogP) is 3.14. The molecule has 2 rings (SSSR count). The summed E-state index contributed by atoms with van der Waals surface area (Å²) in [6.45, 7) is 9.85. The van der Waals surface area contributed by atoms with E-state index < -0.39 is 40.4 Å². The molecule has 0 spiro atoms. The summed E-state index contributed by atoms with van der Waals surface area (Å²) >= 11 is 0. The Balaban J connectivity index is 2.19. The van der Waals surface area contributed by atoms with E-state index in [-0.39, 0.29) is 23.3 Å². The molecule has 1 N–H and O–H groups in total. The molecule has 10 nitrogen and oxygen atoms in total. The first kappa shape index (κ1) is 25.1. The summed E-state index contributed by atoms with van der Waals surface area (Å²) in [6.07, 6.45) is -0.374. The average molecular weight is 450 g/mol. The first-order valence-electron chi connectivity index (χ1n) is 10.5. The summed E-state index contributed by atoms with van der Waals surface area (Å²) in [5.41, 5.74) is -0.814. The molecular formula is C22H31N3O7. The number of rotatable bonds is 6. The van der Waals surface area contributed by atoms with E-state index in [9.17, 15) is 24.5 Å². The van der Waals surface area contributed by atoms with Gasteiger partial charge in [0.25, 0.3) is 5.69 Å². The zero-order chi connectivity index (χ0) is 24.2. The molecule has 10 heteroatoms. The number of methoxy groups -OCH3 is 1. The van der Waals surface area contributed by atoms with Crippen LogP contribution in [-0.2, 0) is 14.3 Å². The molecule has 3 atom stereocenters. The van der Waals surface area contributed by atoms with Crippen molar-refractivity contribution in [2.24, 2.45) is 17.3 Å². The van der Waals surface area contributed by atoms with Gasteiger partial charge in [0.05, 0.1) is 12.0 Å². The molecular weight excluding hydrogens is 418 g/mol. The lowest BCUT2D eigenvalue weighted by atomic mass is 9.85. The number of likely N-dealkylation sites (tertiary alicyclic amines) is 1. The number of hydrogen-bond acceptors (Lipinski definition) is 7. The number of nitrogens with one attached hydrogen (secondary N) is 1. The second kappa shape index (κ2) is 9.97. The Morgan fingerprint density at radius 1 is 1.19 bits per heavy atom. The lowest BCUT2D eigenvalue weighted by molar-refractivity contribution is -0.384. The fourth-order valence-electron chi connectivity index (χ4n) is 3.66. The van der Waals surface area contributed by atoms with E-state index in [0.29, 0.717) is 13.0 Å². The third-order valence-corrected chi connectivity index (χ3v) is 5.67. The predicted molar refractivity (Wildman–Crippen MR) is 116 cm³/mol. The average Bonchev–Trinajstić information content (AvgIpc) is 3.16. The molecule has 0 aliphatic carbocycles. The van der Waals surface area contributed by atoms with Crippen LogP contribution in [0.15, 0.2) is 24.3 Å². The molecule has 1 saturated heterocycles. The normalized spacial score (nSPS) is 19.4. The quantitative estimate of drug-likeness (QED) is 0.401. The third-order valence-electron chi connectivity index (χ3n) is 5.67. The second-order valence-electron chi connectivity index (χ2n) is 9.35. The van der Waals surface area contributed by atoms with Crippen LogP contribution in [0.25, 0.3) is 0 Å². The number of ether oxygens (including phenoxy) is 2. The second-order valence-corrected chi connectivity index (χ2v) is 9.35. The topological polar surface area (TPSA) is 128 Å². The molecule has 0 saturated carbocycles. The number of amides is 2. The Morgan fingerprint density at radius 3 is 2.25 bits per heavy atom.